The lowest BCUT2D eigenvalue weighted by molar-refractivity contribution is 0.188. The fourth-order valence-corrected chi connectivity index (χ4v) is 7.71. The average Bonchev–Trinajstić information content (AvgIpc) is 3.55. The van der Waals surface area contributed by atoms with E-state index in [-0.39, 0.29) is 78.2 Å². The van der Waals surface area contributed by atoms with Crippen LogP contribution < -0.4 is 25.8 Å². The van der Waals surface area contributed by atoms with Gasteiger partial charge in [-0.1, -0.05) is 23.7 Å². The molecule has 0 radical (unpaired) electrons. The highest BCUT2D eigenvalue weighted by Gasteiger charge is 2.34. The van der Waals surface area contributed by atoms with Crippen LogP contribution in [0.3, 0.4) is 0 Å². The molecule has 2 aliphatic rings. The Balaban J connectivity index is 1.48. The largest absolute Gasteiger partial charge is 0.489 e. The minimum Gasteiger partial charge on any atom is -0.489 e. The number of likely N-dealkylation sites (tertiary alicyclic amines) is 1. The lowest BCUT2D eigenvalue weighted by Crippen LogP contribution is -2.32. The van der Waals surface area contributed by atoms with Crippen molar-refractivity contribution in [3.8, 4) is 29.0 Å². The number of rotatable bonds is 6. The van der Waals surface area contributed by atoms with Crippen LogP contribution in [-0.4, -0.2) is 59.2 Å². The number of thiophene rings is 1. The van der Waals surface area contributed by atoms with E-state index in [1.807, 2.05) is 31.0 Å². The maximum atomic E-state index is 17.1. The molecule has 4 N–H and O–H groups in total. The van der Waals surface area contributed by atoms with Gasteiger partial charge in [-0.25, -0.2) is 13.8 Å². The zero-order valence-electron chi connectivity index (χ0n) is 25.0. The Morgan fingerprint density at radius 2 is 2.04 bits per heavy atom. The molecule has 1 fully saturated rings. The number of nitrogens with zero attached hydrogens (tertiary/aromatic N) is 6. The summed E-state index contributed by atoms with van der Waals surface area (Å²) in [7, 11) is 2.03. The van der Waals surface area contributed by atoms with Crippen LogP contribution >= 0.6 is 22.9 Å². The number of benzene rings is 2. The van der Waals surface area contributed by atoms with E-state index in [9.17, 15) is 9.65 Å². The summed E-state index contributed by atoms with van der Waals surface area (Å²) < 4.78 is 44.5. The third-order valence-electron chi connectivity index (χ3n) is 8.86. The first-order valence-electron chi connectivity index (χ1n) is 14.8. The van der Waals surface area contributed by atoms with Gasteiger partial charge in [-0.15, -0.1) is 11.3 Å². The average molecular weight is 663 g/mol. The highest BCUT2D eigenvalue weighted by atomic mass is 35.5. The van der Waals surface area contributed by atoms with Crippen LogP contribution in [-0.2, 0) is 0 Å². The minimum atomic E-state index is -0.796. The fourth-order valence-electron chi connectivity index (χ4n) is 6.43. The van der Waals surface area contributed by atoms with Gasteiger partial charge in [0.25, 0.3) is 0 Å². The summed E-state index contributed by atoms with van der Waals surface area (Å²) in [6, 6.07) is 8.10. The van der Waals surface area contributed by atoms with Crippen molar-refractivity contribution in [2.24, 2.45) is 0 Å². The summed E-state index contributed by atoms with van der Waals surface area (Å²) in [5.41, 5.74) is 13.2. The van der Waals surface area contributed by atoms with Gasteiger partial charge in [-0.3, -0.25) is 0 Å². The van der Waals surface area contributed by atoms with E-state index in [1.165, 1.54) is 12.1 Å². The third-order valence-corrected chi connectivity index (χ3v) is 10.2. The molecule has 2 atom stereocenters. The summed E-state index contributed by atoms with van der Waals surface area (Å²) in [6.45, 7) is 3.73. The van der Waals surface area contributed by atoms with Crippen LogP contribution in [0.2, 0.25) is 5.02 Å². The second-order valence-electron chi connectivity index (χ2n) is 11.4. The zero-order valence-corrected chi connectivity index (χ0v) is 26.6. The molecule has 10 nitrogen and oxygen atoms in total. The molecule has 0 spiro atoms. The molecular weight excluding hydrogens is 634 g/mol. The van der Waals surface area contributed by atoms with Gasteiger partial charge in [0.05, 0.1) is 33.3 Å². The van der Waals surface area contributed by atoms with Crippen LogP contribution in [0.15, 0.2) is 30.5 Å². The van der Waals surface area contributed by atoms with Crippen molar-refractivity contribution in [1.82, 2.24) is 19.9 Å². The van der Waals surface area contributed by atoms with Gasteiger partial charge in [-0.2, -0.15) is 15.2 Å². The number of anilines is 3. The fraction of sp³-hybridized carbons (Fsp3) is 0.312. The Kier molecular flexibility index (Phi) is 7.67. The number of fused-ring (bicyclic) bond motifs is 1. The Hall–Kier alpha value is -4.51. The van der Waals surface area contributed by atoms with Crippen LogP contribution in [0, 0.1) is 23.0 Å². The van der Waals surface area contributed by atoms with Crippen molar-refractivity contribution in [2.75, 3.05) is 49.7 Å². The summed E-state index contributed by atoms with van der Waals surface area (Å²) in [4.78, 5) is 17.8. The molecule has 1 unspecified atom stereocenters. The minimum absolute atomic E-state index is 0.0130. The molecule has 1 saturated heterocycles. The number of nitrogens with two attached hydrogens (primary N) is 2. The lowest BCUT2D eigenvalue weighted by Gasteiger charge is -2.30. The first-order valence-corrected chi connectivity index (χ1v) is 16.0. The number of aromatic nitrogens is 3. The van der Waals surface area contributed by atoms with Crippen LogP contribution in [0.4, 0.5) is 25.4 Å². The van der Waals surface area contributed by atoms with Gasteiger partial charge in [0.15, 0.2) is 11.6 Å². The van der Waals surface area contributed by atoms with Crippen LogP contribution in [0.25, 0.3) is 32.1 Å². The predicted octanol–water partition coefficient (Wildman–Crippen LogP) is 6.31. The monoisotopic (exact) mass is 662 g/mol. The standard InChI is InChI=1S/C32H29ClF2N8O2S/c1-15(17-6-3-9-39-29(17)37)43-11-12-44-27-23-26(40-32(41-31(23)43)45-14-16-5-4-10-42(16)2)25(35)22(24(27)33)18-7-8-20(34)28-21(18)19(13-36)30(38)46-28/h3,6-9,15-16H,4-5,10-12,14,38H2,1-2H3,(H2,37,39)/t15-,16?/m1/s1. The van der Waals surface area contributed by atoms with Crippen LogP contribution in [0.5, 0.6) is 11.8 Å². The molecule has 236 valence electrons. The molecule has 5 aromatic rings. The molecule has 14 heteroatoms. The number of likely N-dealkylation sites (N-methyl/N-ethyl adjacent to an activating group) is 1. The Labute approximate surface area is 272 Å². The van der Waals surface area contributed by atoms with Gasteiger partial charge >= 0.3 is 6.01 Å². The van der Waals surface area contributed by atoms with Crippen molar-refractivity contribution >= 4 is 60.6 Å². The number of pyridine rings is 1. The van der Waals surface area contributed by atoms with E-state index in [0.717, 1.165) is 36.3 Å². The van der Waals surface area contributed by atoms with E-state index in [0.29, 0.717) is 24.8 Å². The maximum Gasteiger partial charge on any atom is 0.319 e. The van der Waals surface area contributed by atoms with Crippen LogP contribution in [0.1, 0.15) is 36.9 Å². The molecule has 2 aliphatic heterocycles. The Morgan fingerprint density at radius 1 is 1.22 bits per heavy atom. The van der Waals surface area contributed by atoms with Gasteiger partial charge in [0, 0.05) is 28.8 Å². The van der Waals surface area contributed by atoms with Gasteiger partial charge in [0.2, 0.25) is 0 Å². The van der Waals surface area contributed by atoms with Crippen molar-refractivity contribution in [3.63, 3.8) is 0 Å². The van der Waals surface area contributed by atoms with Crippen molar-refractivity contribution in [3.05, 3.63) is 58.2 Å². The number of nitrogen functional groups attached to an aromatic ring is 2. The summed E-state index contributed by atoms with van der Waals surface area (Å²) in [6.07, 6.45) is 3.62. The van der Waals surface area contributed by atoms with E-state index in [1.54, 1.807) is 12.3 Å². The Bertz CT molecular complexity index is 2070. The third kappa shape index (κ3) is 4.79. The predicted molar refractivity (Wildman–Crippen MR) is 175 cm³/mol. The number of halogens is 3. The van der Waals surface area contributed by atoms with Crippen molar-refractivity contribution in [1.29, 1.82) is 5.26 Å². The van der Waals surface area contributed by atoms with Gasteiger partial charge in [0.1, 0.15) is 47.3 Å². The van der Waals surface area contributed by atoms with E-state index >= 15 is 4.39 Å². The topological polar surface area (TPSA) is 139 Å². The molecule has 46 heavy (non-hydrogen) atoms. The number of ether oxygens (including phenoxy) is 2. The molecule has 2 aromatic carbocycles. The number of hydrogen-bond acceptors (Lipinski definition) is 11. The molecular formula is C32H29ClF2N8O2S. The van der Waals surface area contributed by atoms with E-state index in [4.69, 9.17) is 37.5 Å². The summed E-state index contributed by atoms with van der Waals surface area (Å²) in [5.74, 6) is -0.499. The smallest absolute Gasteiger partial charge is 0.319 e. The molecule has 7 rings (SSSR count). The van der Waals surface area contributed by atoms with E-state index in [2.05, 4.69) is 14.9 Å². The highest BCUT2D eigenvalue weighted by molar-refractivity contribution is 7.23. The summed E-state index contributed by atoms with van der Waals surface area (Å²) in [5, 5.41) is 10.4. The maximum absolute atomic E-state index is 17.1. The lowest BCUT2D eigenvalue weighted by atomic mass is 9.96. The molecule has 0 bridgehead atoms. The second kappa shape index (κ2) is 11.7. The van der Waals surface area contributed by atoms with Crippen molar-refractivity contribution < 1.29 is 18.3 Å². The van der Waals surface area contributed by atoms with Gasteiger partial charge < -0.3 is 30.7 Å². The molecule has 0 amide bonds. The Morgan fingerprint density at radius 3 is 2.78 bits per heavy atom. The van der Waals surface area contributed by atoms with Crippen molar-refractivity contribution in [2.45, 2.75) is 31.8 Å². The zero-order chi connectivity index (χ0) is 32.3. The summed E-state index contributed by atoms with van der Waals surface area (Å²) >= 11 is 7.93. The molecule has 3 aromatic heterocycles. The molecule has 0 saturated carbocycles. The normalized spacial score (nSPS) is 17.2. The van der Waals surface area contributed by atoms with E-state index < -0.39 is 11.6 Å². The SMILES string of the molecule is C[C@H](c1cccnc1N)N1CCOc2c(Cl)c(-c3ccc(F)c4sc(N)c(C#N)c34)c(F)c3nc(OCC4CCCN4C)nc1c23. The first kappa shape index (κ1) is 30.2. The highest BCUT2D eigenvalue weighted by Crippen LogP contribution is 2.51. The number of hydrogen-bond donors (Lipinski definition) is 2. The first-order chi connectivity index (χ1) is 22.2. The molecule has 0 aliphatic carbocycles. The van der Waals surface area contributed by atoms with Gasteiger partial charge in [-0.05, 0) is 51.1 Å². The quantitative estimate of drug-likeness (QED) is 0.213. The number of nitriles is 1. The second-order valence-corrected chi connectivity index (χ2v) is 12.9. The molecule has 5 heterocycles.